The number of aromatic nitrogens is 4. The zero-order valence-electron chi connectivity index (χ0n) is 14.6. The van der Waals surface area contributed by atoms with Crippen molar-refractivity contribution < 1.29 is 9.72 Å². The topological polar surface area (TPSA) is 116 Å². The Kier molecular flexibility index (Phi) is 5.46. The summed E-state index contributed by atoms with van der Waals surface area (Å²) in [6, 6.07) is 9.66. The lowest BCUT2D eigenvalue weighted by atomic mass is 10.2. The van der Waals surface area contributed by atoms with Crippen molar-refractivity contribution in [1.29, 1.82) is 0 Å². The first-order valence-corrected chi connectivity index (χ1v) is 8.86. The van der Waals surface area contributed by atoms with Crippen molar-refractivity contribution in [3.8, 4) is 11.4 Å². The molecule has 9 nitrogen and oxygen atoms in total. The van der Waals surface area contributed by atoms with E-state index in [0.717, 1.165) is 5.56 Å². The summed E-state index contributed by atoms with van der Waals surface area (Å²) in [5, 5.41) is 22.0. The van der Waals surface area contributed by atoms with Crippen molar-refractivity contribution in [3.05, 3.63) is 58.9 Å². The highest BCUT2D eigenvalue weighted by molar-refractivity contribution is 8.00. The van der Waals surface area contributed by atoms with Crippen molar-refractivity contribution in [2.75, 3.05) is 5.32 Å². The Morgan fingerprint density at radius 3 is 2.63 bits per heavy atom. The number of nitrogens with zero attached hydrogens (tertiary/aromatic N) is 5. The molecule has 0 saturated heterocycles. The molecular weight excluding hydrogens is 368 g/mol. The van der Waals surface area contributed by atoms with Gasteiger partial charge in [0.25, 0.3) is 5.69 Å². The van der Waals surface area contributed by atoms with Gasteiger partial charge in [-0.05, 0) is 25.1 Å². The van der Waals surface area contributed by atoms with Crippen LogP contribution in [0.2, 0.25) is 0 Å². The number of para-hydroxylation sites is 2. The standard InChI is InChI=1S/C17H16N6O3S/c1-11(16(24)19-13-5-3-4-6-14(13)23(25)26)27-17-21-20-15(22(17)2)12-7-9-18-10-8-12/h3-11H,1-2H3,(H,19,24)/t11-/m0/s1. The molecule has 1 atom stereocenters. The first kappa shape index (κ1) is 18.5. The van der Waals surface area contributed by atoms with Gasteiger partial charge in [-0.25, -0.2) is 0 Å². The van der Waals surface area contributed by atoms with Crippen LogP contribution in [0, 0.1) is 10.1 Å². The molecule has 0 unspecified atom stereocenters. The van der Waals surface area contributed by atoms with Gasteiger partial charge in [-0.15, -0.1) is 10.2 Å². The molecule has 10 heteroatoms. The molecule has 3 rings (SSSR count). The third-order valence-electron chi connectivity index (χ3n) is 3.78. The smallest absolute Gasteiger partial charge is 0.292 e. The number of carbonyl (C=O) groups excluding carboxylic acids is 1. The fourth-order valence-electron chi connectivity index (χ4n) is 2.35. The maximum Gasteiger partial charge on any atom is 0.292 e. The van der Waals surface area contributed by atoms with Crippen LogP contribution < -0.4 is 5.32 Å². The number of benzene rings is 1. The number of carbonyl (C=O) groups is 1. The predicted molar refractivity (Wildman–Crippen MR) is 101 cm³/mol. The summed E-state index contributed by atoms with van der Waals surface area (Å²) in [5.41, 5.74) is 0.876. The minimum atomic E-state index is -0.531. The minimum Gasteiger partial charge on any atom is -0.319 e. The van der Waals surface area contributed by atoms with Gasteiger partial charge in [0.15, 0.2) is 11.0 Å². The van der Waals surface area contributed by atoms with Crippen LogP contribution in [0.4, 0.5) is 11.4 Å². The summed E-state index contributed by atoms with van der Waals surface area (Å²) in [4.78, 5) is 27.0. The molecular formula is C17H16N6O3S. The maximum absolute atomic E-state index is 12.5. The largest absolute Gasteiger partial charge is 0.319 e. The summed E-state index contributed by atoms with van der Waals surface area (Å²) in [7, 11) is 1.81. The van der Waals surface area contributed by atoms with E-state index >= 15 is 0 Å². The zero-order chi connectivity index (χ0) is 19.4. The van der Waals surface area contributed by atoms with Crippen molar-refractivity contribution in [2.45, 2.75) is 17.3 Å². The number of hydrogen-bond acceptors (Lipinski definition) is 7. The summed E-state index contributed by atoms with van der Waals surface area (Å²) in [6.45, 7) is 1.70. The number of nitro benzene ring substituents is 1. The quantitative estimate of drug-likeness (QED) is 0.394. The van der Waals surface area contributed by atoms with E-state index in [-0.39, 0.29) is 17.3 Å². The summed E-state index contributed by atoms with van der Waals surface area (Å²) in [5.74, 6) is 0.300. The Morgan fingerprint density at radius 1 is 1.22 bits per heavy atom. The number of amides is 1. The Bertz CT molecular complexity index is 976. The Hall–Kier alpha value is -3.27. The first-order valence-electron chi connectivity index (χ1n) is 7.98. The van der Waals surface area contributed by atoms with Gasteiger partial charge in [-0.2, -0.15) is 0 Å². The highest BCUT2D eigenvalue weighted by atomic mass is 32.2. The van der Waals surface area contributed by atoms with E-state index in [2.05, 4.69) is 20.5 Å². The summed E-state index contributed by atoms with van der Waals surface area (Å²) in [6.07, 6.45) is 3.33. The normalized spacial score (nSPS) is 11.8. The van der Waals surface area contributed by atoms with Crippen LogP contribution in [0.3, 0.4) is 0 Å². The van der Waals surface area contributed by atoms with E-state index in [0.29, 0.717) is 11.0 Å². The lowest BCUT2D eigenvalue weighted by Crippen LogP contribution is -2.23. The van der Waals surface area contributed by atoms with Gasteiger partial charge in [-0.3, -0.25) is 19.9 Å². The fraction of sp³-hybridized carbons (Fsp3) is 0.176. The van der Waals surface area contributed by atoms with E-state index in [9.17, 15) is 14.9 Å². The number of nitrogens with one attached hydrogen (secondary N) is 1. The molecule has 1 N–H and O–H groups in total. The molecule has 27 heavy (non-hydrogen) atoms. The number of pyridine rings is 1. The number of hydrogen-bond donors (Lipinski definition) is 1. The highest BCUT2D eigenvalue weighted by Gasteiger charge is 2.22. The Labute approximate surface area is 159 Å². The van der Waals surface area contributed by atoms with Crippen molar-refractivity contribution in [1.82, 2.24) is 19.7 Å². The van der Waals surface area contributed by atoms with Crippen LogP contribution in [0.25, 0.3) is 11.4 Å². The Balaban J connectivity index is 1.73. The number of rotatable bonds is 6. The number of nitro groups is 1. The van der Waals surface area contributed by atoms with E-state index in [1.807, 2.05) is 19.2 Å². The highest BCUT2D eigenvalue weighted by Crippen LogP contribution is 2.28. The SMILES string of the molecule is C[C@H](Sc1nnc(-c2ccncc2)n1C)C(=O)Nc1ccccc1[N+](=O)[O-]. The number of anilines is 1. The average molecular weight is 384 g/mol. The molecule has 3 aromatic rings. The van der Waals surface area contributed by atoms with Gasteiger partial charge in [0, 0.05) is 31.1 Å². The van der Waals surface area contributed by atoms with E-state index in [1.165, 1.54) is 23.9 Å². The van der Waals surface area contributed by atoms with Crippen LogP contribution in [-0.2, 0) is 11.8 Å². The minimum absolute atomic E-state index is 0.151. The monoisotopic (exact) mass is 384 g/mol. The van der Waals surface area contributed by atoms with Crippen LogP contribution in [0.1, 0.15) is 6.92 Å². The second kappa shape index (κ2) is 7.96. The van der Waals surface area contributed by atoms with Crippen LogP contribution in [0.5, 0.6) is 0 Å². The lowest BCUT2D eigenvalue weighted by Gasteiger charge is -2.11. The van der Waals surface area contributed by atoms with Gasteiger partial charge in [0.05, 0.1) is 10.2 Å². The lowest BCUT2D eigenvalue weighted by molar-refractivity contribution is -0.383. The molecule has 0 radical (unpaired) electrons. The zero-order valence-corrected chi connectivity index (χ0v) is 15.4. The molecule has 1 amide bonds. The maximum atomic E-state index is 12.5. The second-order valence-electron chi connectivity index (χ2n) is 5.62. The average Bonchev–Trinajstić information content (AvgIpc) is 3.03. The van der Waals surface area contributed by atoms with Crippen molar-refractivity contribution >= 4 is 29.0 Å². The van der Waals surface area contributed by atoms with E-state index < -0.39 is 10.2 Å². The van der Waals surface area contributed by atoms with Crippen LogP contribution in [0.15, 0.2) is 53.9 Å². The first-order chi connectivity index (χ1) is 13.0. The molecule has 138 valence electrons. The molecule has 1 aromatic carbocycles. The van der Waals surface area contributed by atoms with E-state index in [1.54, 1.807) is 36.0 Å². The Morgan fingerprint density at radius 2 is 1.93 bits per heavy atom. The molecule has 0 fully saturated rings. The van der Waals surface area contributed by atoms with Gasteiger partial charge < -0.3 is 9.88 Å². The molecule has 0 saturated carbocycles. The van der Waals surface area contributed by atoms with Crippen molar-refractivity contribution in [3.63, 3.8) is 0 Å². The van der Waals surface area contributed by atoms with Gasteiger partial charge in [0.1, 0.15) is 5.69 Å². The third-order valence-corrected chi connectivity index (χ3v) is 4.92. The molecule has 2 heterocycles. The molecule has 0 bridgehead atoms. The van der Waals surface area contributed by atoms with Gasteiger partial charge >= 0.3 is 0 Å². The third kappa shape index (κ3) is 4.11. The summed E-state index contributed by atoms with van der Waals surface area (Å²) < 4.78 is 1.79. The molecule has 0 spiro atoms. The molecule has 0 aliphatic carbocycles. The predicted octanol–water partition coefficient (Wildman–Crippen LogP) is 2.90. The molecule has 0 aliphatic heterocycles. The second-order valence-corrected chi connectivity index (χ2v) is 6.93. The van der Waals surface area contributed by atoms with Gasteiger partial charge in [0.2, 0.25) is 5.91 Å². The molecule has 0 aliphatic rings. The van der Waals surface area contributed by atoms with Gasteiger partial charge in [-0.1, -0.05) is 23.9 Å². The van der Waals surface area contributed by atoms with Crippen molar-refractivity contribution in [2.24, 2.45) is 7.05 Å². The summed E-state index contributed by atoms with van der Waals surface area (Å²) >= 11 is 1.22. The number of thioether (sulfide) groups is 1. The fourth-order valence-corrected chi connectivity index (χ4v) is 3.17. The van der Waals surface area contributed by atoms with Crippen LogP contribution >= 0.6 is 11.8 Å². The molecule has 2 aromatic heterocycles. The van der Waals surface area contributed by atoms with Crippen LogP contribution in [-0.4, -0.2) is 35.8 Å². The van der Waals surface area contributed by atoms with E-state index in [4.69, 9.17) is 0 Å².